The zero-order chi connectivity index (χ0) is 13.9. The van der Waals surface area contributed by atoms with Gasteiger partial charge in [0.2, 0.25) is 0 Å². The van der Waals surface area contributed by atoms with Crippen molar-refractivity contribution in [3.63, 3.8) is 0 Å². The van der Waals surface area contributed by atoms with Crippen LogP contribution in [0.3, 0.4) is 0 Å². The highest BCUT2D eigenvalue weighted by atomic mass is 35.7. The molecule has 0 saturated heterocycles. The molecule has 0 spiro atoms. The van der Waals surface area contributed by atoms with Crippen molar-refractivity contribution in [1.82, 2.24) is 0 Å². The summed E-state index contributed by atoms with van der Waals surface area (Å²) in [6.07, 6.45) is 0. The summed E-state index contributed by atoms with van der Waals surface area (Å²) in [7, 11) is 0.861. The molecule has 7 nitrogen and oxygen atoms in total. The number of hydrogen-bond donors (Lipinski definition) is 2. The normalized spacial score (nSPS) is 10.9. The monoisotopic (exact) mass is 294 g/mol. The Kier molecular flexibility index (Phi) is 4.15. The fourth-order valence-electron chi connectivity index (χ4n) is 1.16. The van der Waals surface area contributed by atoms with E-state index in [1.54, 1.807) is 0 Å². The molecule has 98 valence electrons. The van der Waals surface area contributed by atoms with Gasteiger partial charge in [-0.3, -0.25) is 0 Å². The SMILES string of the molecule is O=C(O)COc1c(C(=O)O)cccc1S(=O)(=O)Cl. The van der Waals surface area contributed by atoms with E-state index in [1.165, 1.54) is 0 Å². The van der Waals surface area contributed by atoms with Gasteiger partial charge in [-0.25, -0.2) is 18.0 Å². The molecule has 1 aromatic carbocycles. The minimum Gasteiger partial charge on any atom is -0.480 e. The van der Waals surface area contributed by atoms with Crippen molar-refractivity contribution < 1.29 is 33.0 Å². The number of rotatable bonds is 5. The standard InChI is InChI=1S/C9H7ClO7S/c10-18(15,16)6-3-1-2-5(9(13)14)8(6)17-4-7(11)12/h1-3H,4H2,(H,11,12)(H,13,14). The molecule has 9 heteroatoms. The predicted octanol–water partition coefficient (Wildman–Crippen LogP) is 0.776. The summed E-state index contributed by atoms with van der Waals surface area (Å²) in [4.78, 5) is 20.6. The van der Waals surface area contributed by atoms with E-state index >= 15 is 0 Å². The van der Waals surface area contributed by atoms with Crippen LogP contribution in [0.25, 0.3) is 0 Å². The fourth-order valence-corrected chi connectivity index (χ4v) is 2.15. The molecule has 1 aromatic rings. The van der Waals surface area contributed by atoms with Gasteiger partial charge in [0.25, 0.3) is 9.05 Å². The fraction of sp³-hybridized carbons (Fsp3) is 0.111. The van der Waals surface area contributed by atoms with E-state index in [2.05, 4.69) is 4.74 Å². The molecule has 18 heavy (non-hydrogen) atoms. The van der Waals surface area contributed by atoms with Crippen molar-refractivity contribution in [3.05, 3.63) is 23.8 Å². The molecule has 0 aliphatic heterocycles. The van der Waals surface area contributed by atoms with Crippen molar-refractivity contribution in [2.75, 3.05) is 6.61 Å². The lowest BCUT2D eigenvalue weighted by atomic mass is 10.2. The number of aliphatic carboxylic acids is 1. The summed E-state index contributed by atoms with van der Waals surface area (Å²) in [5.74, 6) is -3.44. The van der Waals surface area contributed by atoms with E-state index in [0.29, 0.717) is 0 Å². The molecule has 0 aliphatic rings. The van der Waals surface area contributed by atoms with Gasteiger partial charge in [0, 0.05) is 10.7 Å². The number of carbonyl (C=O) groups is 2. The highest BCUT2D eigenvalue weighted by Crippen LogP contribution is 2.30. The Hall–Kier alpha value is -1.80. The first kappa shape index (κ1) is 14.3. The van der Waals surface area contributed by atoms with Crippen LogP contribution >= 0.6 is 10.7 Å². The number of halogens is 1. The first-order chi connectivity index (χ1) is 8.23. The van der Waals surface area contributed by atoms with Crippen molar-refractivity contribution in [2.24, 2.45) is 0 Å². The lowest BCUT2D eigenvalue weighted by Gasteiger charge is -2.10. The van der Waals surface area contributed by atoms with E-state index in [1.807, 2.05) is 0 Å². The maximum absolute atomic E-state index is 11.2. The third-order valence-electron chi connectivity index (χ3n) is 1.81. The molecule has 0 radical (unpaired) electrons. The van der Waals surface area contributed by atoms with Crippen molar-refractivity contribution >= 4 is 31.7 Å². The molecule has 0 atom stereocenters. The highest BCUT2D eigenvalue weighted by Gasteiger charge is 2.23. The molecule has 0 amide bonds. The Bertz CT molecular complexity index is 593. The average molecular weight is 295 g/mol. The summed E-state index contributed by atoms with van der Waals surface area (Å²) < 4.78 is 27.1. The van der Waals surface area contributed by atoms with Crippen LogP contribution in [-0.4, -0.2) is 37.2 Å². The number of ether oxygens (including phenoxy) is 1. The van der Waals surface area contributed by atoms with Crippen molar-refractivity contribution in [1.29, 1.82) is 0 Å². The van der Waals surface area contributed by atoms with Crippen LogP contribution in [0, 0.1) is 0 Å². The summed E-state index contributed by atoms with van der Waals surface area (Å²) in [6.45, 7) is -0.885. The van der Waals surface area contributed by atoms with Gasteiger partial charge in [-0.15, -0.1) is 0 Å². The molecule has 2 N–H and O–H groups in total. The van der Waals surface area contributed by atoms with E-state index in [9.17, 15) is 18.0 Å². The number of benzene rings is 1. The second kappa shape index (κ2) is 5.23. The van der Waals surface area contributed by atoms with E-state index in [-0.39, 0.29) is 0 Å². The lowest BCUT2D eigenvalue weighted by molar-refractivity contribution is -0.139. The molecular weight excluding hydrogens is 288 g/mol. The molecule has 0 fully saturated rings. The Morgan fingerprint density at radius 3 is 2.33 bits per heavy atom. The zero-order valence-electron chi connectivity index (χ0n) is 8.66. The van der Waals surface area contributed by atoms with Crippen LogP contribution in [0.4, 0.5) is 0 Å². The van der Waals surface area contributed by atoms with Crippen LogP contribution in [0.15, 0.2) is 23.1 Å². The molecule has 0 aliphatic carbocycles. The summed E-state index contributed by atoms with van der Waals surface area (Å²) >= 11 is 0. The second-order valence-electron chi connectivity index (χ2n) is 3.06. The first-order valence-corrected chi connectivity index (χ1v) is 6.70. The van der Waals surface area contributed by atoms with Gasteiger partial charge in [-0.2, -0.15) is 0 Å². The number of hydrogen-bond acceptors (Lipinski definition) is 5. The van der Waals surface area contributed by atoms with Gasteiger partial charge in [-0.1, -0.05) is 6.07 Å². The molecular formula is C9H7ClO7S. The summed E-state index contributed by atoms with van der Waals surface area (Å²) in [5, 5.41) is 17.3. The van der Waals surface area contributed by atoms with Crippen LogP contribution < -0.4 is 4.74 Å². The summed E-state index contributed by atoms with van der Waals surface area (Å²) in [6, 6.07) is 3.25. The van der Waals surface area contributed by atoms with E-state index in [0.717, 1.165) is 18.2 Å². The molecule has 0 aromatic heterocycles. The largest absolute Gasteiger partial charge is 0.480 e. The Balaban J connectivity index is 3.39. The van der Waals surface area contributed by atoms with Crippen LogP contribution in [0.2, 0.25) is 0 Å². The number of carboxylic acids is 2. The van der Waals surface area contributed by atoms with Gasteiger partial charge in [-0.05, 0) is 12.1 Å². The van der Waals surface area contributed by atoms with Crippen molar-refractivity contribution in [2.45, 2.75) is 4.90 Å². The number of carboxylic acid groups (broad SMARTS) is 2. The third-order valence-corrected chi connectivity index (χ3v) is 3.16. The van der Waals surface area contributed by atoms with Gasteiger partial charge in [0.15, 0.2) is 12.4 Å². The molecule has 0 unspecified atom stereocenters. The Labute approximate surface area is 106 Å². The Morgan fingerprint density at radius 1 is 1.28 bits per heavy atom. The highest BCUT2D eigenvalue weighted by molar-refractivity contribution is 8.13. The number of para-hydroxylation sites is 1. The third kappa shape index (κ3) is 3.34. The summed E-state index contributed by atoms with van der Waals surface area (Å²) in [5.41, 5.74) is -0.488. The van der Waals surface area contributed by atoms with E-state index in [4.69, 9.17) is 20.9 Å². The maximum atomic E-state index is 11.2. The maximum Gasteiger partial charge on any atom is 0.341 e. The quantitative estimate of drug-likeness (QED) is 0.770. The smallest absolute Gasteiger partial charge is 0.341 e. The van der Waals surface area contributed by atoms with E-state index < -0.39 is 43.8 Å². The van der Waals surface area contributed by atoms with Crippen LogP contribution in [0.5, 0.6) is 5.75 Å². The van der Waals surface area contributed by atoms with Crippen molar-refractivity contribution in [3.8, 4) is 5.75 Å². The number of aromatic carboxylic acids is 1. The minimum absolute atomic E-state index is 0.488. The van der Waals surface area contributed by atoms with Gasteiger partial charge in [0.05, 0.1) is 0 Å². The van der Waals surface area contributed by atoms with Gasteiger partial charge < -0.3 is 14.9 Å². The van der Waals surface area contributed by atoms with Gasteiger partial charge >= 0.3 is 11.9 Å². The molecule has 0 heterocycles. The predicted molar refractivity (Wildman–Crippen MR) is 59.6 cm³/mol. The second-order valence-corrected chi connectivity index (χ2v) is 5.59. The van der Waals surface area contributed by atoms with Crippen LogP contribution in [-0.2, 0) is 13.8 Å². The zero-order valence-corrected chi connectivity index (χ0v) is 10.2. The molecule has 1 rings (SSSR count). The molecule has 0 bridgehead atoms. The Morgan fingerprint density at radius 2 is 1.89 bits per heavy atom. The lowest BCUT2D eigenvalue weighted by Crippen LogP contribution is -2.14. The average Bonchev–Trinajstić information content (AvgIpc) is 2.24. The first-order valence-electron chi connectivity index (χ1n) is 4.39. The molecule has 0 saturated carbocycles. The van der Waals surface area contributed by atoms with Crippen LogP contribution in [0.1, 0.15) is 10.4 Å². The minimum atomic E-state index is -4.25. The topological polar surface area (TPSA) is 118 Å². The van der Waals surface area contributed by atoms with Gasteiger partial charge in [0.1, 0.15) is 10.5 Å².